The minimum atomic E-state index is 0.205. The van der Waals surface area contributed by atoms with E-state index in [0.29, 0.717) is 12.3 Å². The van der Waals surface area contributed by atoms with Crippen molar-refractivity contribution in [1.29, 1.82) is 0 Å². The Labute approximate surface area is 171 Å². The van der Waals surface area contributed by atoms with E-state index in [1.807, 2.05) is 29.2 Å². The molecule has 0 spiro atoms. The van der Waals surface area contributed by atoms with E-state index in [4.69, 9.17) is 14.2 Å². The lowest BCUT2D eigenvalue weighted by atomic mass is 9.83. The lowest BCUT2D eigenvalue weighted by Gasteiger charge is -2.33. The summed E-state index contributed by atoms with van der Waals surface area (Å²) in [6.07, 6.45) is 4.36. The summed E-state index contributed by atoms with van der Waals surface area (Å²) in [5, 5.41) is 0. The molecule has 1 fully saturated rings. The highest BCUT2D eigenvalue weighted by Crippen LogP contribution is 2.46. The van der Waals surface area contributed by atoms with Crippen LogP contribution < -0.4 is 14.2 Å². The van der Waals surface area contributed by atoms with Crippen molar-refractivity contribution >= 4 is 5.91 Å². The lowest BCUT2D eigenvalue weighted by molar-refractivity contribution is -0.131. The number of carbonyl (C=O) groups is 1. The number of methoxy groups -OCH3 is 1. The minimum Gasteiger partial charge on any atom is -0.497 e. The van der Waals surface area contributed by atoms with Gasteiger partial charge in [-0.15, -0.1) is 0 Å². The minimum absolute atomic E-state index is 0.205. The van der Waals surface area contributed by atoms with Gasteiger partial charge in [-0.3, -0.25) is 4.79 Å². The molecule has 0 saturated carbocycles. The summed E-state index contributed by atoms with van der Waals surface area (Å²) in [5.41, 5.74) is 5.03. The van der Waals surface area contributed by atoms with Crippen LogP contribution in [-0.2, 0) is 24.1 Å². The summed E-state index contributed by atoms with van der Waals surface area (Å²) >= 11 is 0. The summed E-state index contributed by atoms with van der Waals surface area (Å²) in [6.45, 7) is 3.15. The van der Waals surface area contributed by atoms with Gasteiger partial charge in [-0.2, -0.15) is 0 Å². The molecule has 152 valence electrons. The zero-order valence-electron chi connectivity index (χ0n) is 16.9. The van der Waals surface area contributed by atoms with Crippen LogP contribution in [0, 0.1) is 0 Å². The molecule has 2 aromatic rings. The standard InChI is InChI=1S/C24H27NO4/c1-27-19-4-2-16(3-5-19)14-22(26)25-10-6-17(7-11-25)23-20-9-13-28-21(20)15-18-8-12-29-24(18)23/h2-5,15,17H,6-14H2,1H3. The van der Waals surface area contributed by atoms with Crippen molar-refractivity contribution in [2.24, 2.45) is 0 Å². The molecule has 0 N–H and O–H groups in total. The van der Waals surface area contributed by atoms with Crippen molar-refractivity contribution in [3.05, 3.63) is 52.6 Å². The normalized spacial score (nSPS) is 18.0. The van der Waals surface area contributed by atoms with E-state index in [9.17, 15) is 4.79 Å². The monoisotopic (exact) mass is 393 g/mol. The van der Waals surface area contributed by atoms with Crippen LogP contribution in [0.3, 0.4) is 0 Å². The van der Waals surface area contributed by atoms with Crippen molar-refractivity contribution in [2.45, 2.75) is 38.0 Å². The van der Waals surface area contributed by atoms with Gasteiger partial charge in [-0.05, 0) is 42.5 Å². The molecule has 0 radical (unpaired) electrons. The maximum Gasteiger partial charge on any atom is 0.226 e. The fourth-order valence-corrected chi connectivity index (χ4v) is 4.90. The number of amides is 1. The van der Waals surface area contributed by atoms with Crippen LogP contribution in [0.15, 0.2) is 30.3 Å². The van der Waals surface area contributed by atoms with Gasteiger partial charge in [0.2, 0.25) is 5.91 Å². The molecule has 0 unspecified atom stereocenters. The Morgan fingerprint density at radius 1 is 1.10 bits per heavy atom. The van der Waals surface area contributed by atoms with E-state index in [1.54, 1.807) is 7.11 Å². The number of carbonyl (C=O) groups excluding carboxylic acids is 1. The SMILES string of the molecule is COc1ccc(CC(=O)N2CCC(c3c4c(cc5c3OCC5)OCC4)CC2)cc1. The predicted molar refractivity (Wildman–Crippen MR) is 110 cm³/mol. The second-order valence-corrected chi connectivity index (χ2v) is 8.13. The Hall–Kier alpha value is -2.69. The van der Waals surface area contributed by atoms with E-state index in [0.717, 1.165) is 74.8 Å². The molecule has 1 amide bonds. The quantitative estimate of drug-likeness (QED) is 0.798. The van der Waals surface area contributed by atoms with Crippen LogP contribution in [0.1, 0.15) is 41.0 Å². The fourth-order valence-electron chi connectivity index (χ4n) is 4.90. The van der Waals surface area contributed by atoms with Gasteiger partial charge in [-0.25, -0.2) is 0 Å². The average Bonchev–Trinajstić information content (AvgIpc) is 3.41. The molecule has 5 nitrogen and oxygen atoms in total. The highest BCUT2D eigenvalue weighted by atomic mass is 16.5. The van der Waals surface area contributed by atoms with E-state index in [1.165, 1.54) is 16.7 Å². The number of hydrogen-bond acceptors (Lipinski definition) is 4. The second-order valence-electron chi connectivity index (χ2n) is 8.13. The summed E-state index contributed by atoms with van der Waals surface area (Å²) in [7, 11) is 1.65. The van der Waals surface area contributed by atoms with Crippen LogP contribution in [0.25, 0.3) is 0 Å². The molecule has 3 aliphatic heterocycles. The van der Waals surface area contributed by atoms with Crippen LogP contribution >= 0.6 is 0 Å². The number of benzene rings is 2. The second kappa shape index (κ2) is 7.62. The van der Waals surface area contributed by atoms with Gasteiger partial charge in [0.25, 0.3) is 0 Å². The Morgan fingerprint density at radius 3 is 2.62 bits per heavy atom. The molecule has 29 heavy (non-hydrogen) atoms. The number of piperidine rings is 1. The first-order valence-corrected chi connectivity index (χ1v) is 10.6. The van der Waals surface area contributed by atoms with Gasteiger partial charge < -0.3 is 19.1 Å². The van der Waals surface area contributed by atoms with Crippen molar-refractivity contribution in [3.8, 4) is 17.2 Å². The van der Waals surface area contributed by atoms with Crippen LogP contribution in [0.5, 0.6) is 17.2 Å². The molecular formula is C24H27NO4. The van der Waals surface area contributed by atoms with E-state index in [-0.39, 0.29) is 5.91 Å². The maximum absolute atomic E-state index is 12.8. The van der Waals surface area contributed by atoms with E-state index >= 15 is 0 Å². The van der Waals surface area contributed by atoms with Gasteiger partial charge in [0, 0.05) is 42.6 Å². The molecule has 0 atom stereocenters. The zero-order chi connectivity index (χ0) is 19.8. The summed E-state index contributed by atoms with van der Waals surface area (Å²) < 4.78 is 17.1. The number of rotatable bonds is 4. The number of fused-ring (bicyclic) bond motifs is 2. The topological polar surface area (TPSA) is 48.0 Å². The first kappa shape index (κ1) is 18.3. The molecule has 5 rings (SSSR count). The van der Waals surface area contributed by atoms with Crippen molar-refractivity contribution in [3.63, 3.8) is 0 Å². The zero-order valence-corrected chi connectivity index (χ0v) is 16.9. The molecule has 0 aromatic heterocycles. The van der Waals surface area contributed by atoms with Gasteiger partial charge in [-0.1, -0.05) is 12.1 Å². The third-order valence-electron chi connectivity index (χ3n) is 6.46. The van der Waals surface area contributed by atoms with Gasteiger partial charge in [0.05, 0.1) is 26.7 Å². The number of hydrogen-bond donors (Lipinski definition) is 0. The predicted octanol–water partition coefficient (Wildman–Crippen LogP) is 3.51. The summed E-state index contributed by atoms with van der Waals surface area (Å²) in [5.74, 6) is 3.64. The first-order valence-electron chi connectivity index (χ1n) is 10.6. The Bertz CT molecular complexity index is 881. The first-order chi connectivity index (χ1) is 14.2. The smallest absolute Gasteiger partial charge is 0.226 e. The third-order valence-corrected chi connectivity index (χ3v) is 6.46. The van der Waals surface area contributed by atoms with Gasteiger partial charge in [0.15, 0.2) is 0 Å². The van der Waals surface area contributed by atoms with Crippen molar-refractivity contribution in [2.75, 3.05) is 33.4 Å². The van der Waals surface area contributed by atoms with Crippen molar-refractivity contribution in [1.82, 2.24) is 4.90 Å². The highest BCUT2D eigenvalue weighted by Gasteiger charge is 2.33. The van der Waals surface area contributed by atoms with Crippen LogP contribution in [-0.4, -0.2) is 44.2 Å². The maximum atomic E-state index is 12.8. The largest absolute Gasteiger partial charge is 0.497 e. The summed E-state index contributed by atoms with van der Waals surface area (Å²) in [6, 6.07) is 9.94. The number of ether oxygens (including phenoxy) is 3. The van der Waals surface area contributed by atoms with Gasteiger partial charge in [0.1, 0.15) is 17.2 Å². The molecule has 5 heteroatoms. The summed E-state index contributed by atoms with van der Waals surface area (Å²) in [4.78, 5) is 14.8. The van der Waals surface area contributed by atoms with E-state index < -0.39 is 0 Å². The molecule has 0 aliphatic carbocycles. The lowest BCUT2D eigenvalue weighted by Crippen LogP contribution is -2.39. The van der Waals surface area contributed by atoms with Crippen LogP contribution in [0.4, 0.5) is 0 Å². The van der Waals surface area contributed by atoms with Crippen molar-refractivity contribution < 1.29 is 19.0 Å². The molecule has 3 aliphatic rings. The van der Waals surface area contributed by atoms with Crippen LogP contribution in [0.2, 0.25) is 0 Å². The molecule has 2 aromatic carbocycles. The Balaban J connectivity index is 1.27. The number of likely N-dealkylation sites (tertiary alicyclic amines) is 1. The average molecular weight is 393 g/mol. The Kier molecular flexibility index (Phi) is 4.82. The molecular weight excluding hydrogens is 366 g/mol. The molecule has 3 heterocycles. The van der Waals surface area contributed by atoms with Gasteiger partial charge >= 0.3 is 0 Å². The third kappa shape index (κ3) is 3.43. The fraction of sp³-hybridized carbons (Fsp3) is 0.458. The molecule has 1 saturated heterocycles. The molecule has 0 bridgehead atoms. The Morgan fingerprint density at radius 2 is 1.86 bits per heavy atom. The number of nitrogens with zero attached hydrogens (tertiary/aromatic N) is 1. The highest BCUT2D eigenvalue weighted by molar-refractivity contribution is 5.79. The van der Waals surface area contributed by atoms with E-state index in [2.05, 4.69) is 6.07 Å².